The van der Waals surface area contributed by atoms with Crippen LogP contribution in [0.4, 0.5) is 5.69 Å². The Morgan fingerprint density at radius 2 is 1.79 bits per heavy atom. The summed E-state index contributed by atoms with van der Waals surface area (Å²) < 4.78 is 25.4. The third-order valence-electron chi connectivity index (χ3n) is 4.80. The Balaban J connectivity index is 1.90. The molecule has 0 unspecified atom stereocenters. The fourth-order valence-corrected chi connectivity index (χ4v) is 5.81. The first kappa shape index (κ1) is 17.9. The van der Waals surface area contributed by atoms with Gasteiger partial charge in [-0.2, -0.15) is 0 Å². The molecule has 0 N–H and O–H groups in total. The van der Waals surface area contributed by atoms with Gasteiger partial charge in [-0.15, -0.1) is 0 Å². The van der Waals surface area contributed by atoms with Crippen LogP contribution in [0.15, 0.2) is 28.7 Å². The van der Waals surface area contributed by atoms with Crippen LogP contribution in [0.1, 0.15) is 20.3 Å². The maximum atomic E-state index is 12.8. The number of hydrogen-bond acceptors (Lipinski definition) is 4. The molecule has 0 aliphatic carbocycles. The van der Waals surface area contributed by atoms with E-state index in [2.05, 4.69) is 34.7 Å². The van der Waals surface area contributed by atoms with Crippen LogP contribution in [-0.2, 0) is 14.6 Å². The molecule has 132 valence electrons. The summed E-state index contributed by atoms with van der Waals surface area (Å²) in [5, 5.41) is 0. The molecule has 1 amide bonds. The van der Waals surface area contributed by atoms with Gasteiger partial charge in [0.05, 0.1) is 24.1 Å². The highest BCUT2D eigenvalue weighted by molar-refractivity contribution is 9.10. The highest BCUT2D eigenvalue weighted by Crippen LogP contribution is 2.32. The smallest absolute Gasteiger partial charge is 0.241 e. The zero-order valence-electron chi connectivity index (χ0n) is 14.0. The van der Waals surface area contributed by atoms with Gasteiger partial charge < -0.3 is 4.90 Å². The Bertz CT molecular complexity index is 718. The monoisotopic (exact) mass is 414 g/mol. The van der Waals surface area contributed by atoms with E-state index in [1.807, 2.05) is 24.3 Å². The molecule has 3 rings (SSSR count). The Kier molecular flexibility index (Phi) is 5.04. The van der Waals surface area contributed by atoms with Crippen LogP contribution in [0.2, 0.25) is 0 Å². The Labute approximate surface area is 152 Å². The molecule has 2 fully saturated rings. The largest absolute Gasteiger partial charge is 0.306 e. The van der Waals surface area contributed by atoms with E-state index in [0.717, 1.165) is 23.1 Å². The summed E-state index contributed by atoms with van der Waals surface area (Å²) in [7, 11) is -3.12. The Morgan fingerprint density at radius 3 is 2.42 bits per heavy atom. The number of sulfone groups is 1. The van der Waals surface area contributed by atoms with Crippen LogP contribution in [-0.4, -0.2) is 55.9 Å². The Morgan fingerprint density at radius 1 is 1.17 bits per heavy atom. The molecule has 2 atom stereocenters. The SMILES string of the molecule is CC(C)CCN1CC(=O)N(c2ccc(Br)cc2)[C@H]2CS(=O)(=O)C[C@H]21. The minimum absolute atomic E-state index is 0.0144. The van der Waals surface area contributed by atoms with Crippen LogP contribution < -0.4 is 4.90 Å². The first-order valence-corrected chi connectivity index (χ1v) is 10.9. The summed E-state index contributed by atoms with van der Waals surface area (Å²) in [6.45, 7) is 5.35. The van der Waals surface area contributed by atoms with Gasteiger partial charge in [0.1, 0.15) is 0 Å². The van der Waals surface area contributed by atoms with Crippen molar-refractivity contribution in [2.45, 2.75) is 32.4 Å². The minimum atomic E-state index is -3.12. The maximum Gasteiger partial charge on any atom is 0.241 e. The number of nitrogens with zero attached hydrogens (tertiary/aromatic N) is 2. The van der Waals surface area contributed by atoms with Crippen LogP contribution >= 0.6 is 15.9 Å². The van der Waals surface area contributed by atoms with Gasteiger partial charge in [0.15, 0.2) is 9.84 Å². The molecule has 0 saturated carbocycles. The number of rotatable bonds is 4. The van der Waals surface area contributed by atoms with E-state index in [4.69, 9.17) is 0 Å². The molecular formula is C17H23BrN2O3S. The van der Waals surface area contributed by atoms with Gasteiger partial charge in [0.2, 0.25) is 5.91 Å². The summed E-state index contributed by atoms with van der Waals surface area (Å²) >= 11 is 3.40. The topological polar surface area (TPSA) is 57.7 Å². The third-order valence-corrected chi connectivity index (χ3v) is 7.03. The van der Waals surface area contributed by atoms with Crippen molar-refractivity contribution >= 4 is 37.4 Å². The molecule has 1 aromatic rings. The molecule has 7 heteroatoms. The second-order valence-electron chi connectivity index (χ2n) is 7.10. The quantitative estimate of drug-likeness (QED) is 0.758. The van der Waals surface area contributed by atoms with E-state index in [-0.39, 0.29) is 29.5 Å². The minimum Gasteiger partial charge on any atom is -0.306 e. The van der Waals surface area contributed by atoms with E-state index in [9.17, 15) is 13.2 Å². The first-order chi connectivity index (χ1) is 11.3. The summed E-state index contributed by atoms with van der Waals surface area (Å²) in [5.74, 6) is 0.716. The van der Waals surface area contributed by atoms with Crippen LogP contribution in [0.5, 0.6) is 0 Å². The second kappa shape index (κ2) is 6.77. The average Bonchev–Trinajstić information content (AvgIpc) is 2.81. The molecule has 0 spiro atoms. The highest BCUT2D eigenvalue weighted by atomic mass is 79.9. The third kappa shape index (κ3) is 3.68. The lowest BCUT2D eigenvalue weighted by Crippen LogP contribution is -2.62. The molecule has 2 aliphatic rings. The summed E-state index contributed by atoms with van der Waals surface area (Å²) in [6.07, 6.45) is 0.967. The molecule has 5 nitrogen and oxygen atoms in total. The van der Waals surface area contributed by atoms with Crippen molar-refractivity contribution in [1.29, 1.82) is 0 Å². The molecule has 2 saturated heterocycles. The van der Waals surface area contributed by atoms with Crippen LogP contribution in [0.3, 0.4) is 0 Å². The molecule has 0 radical (unpaired) electrons. The molecule has 2 aliphatic heterocycles. The fraction of sp³-hybridized carbons (Fsp3) is 0.588. The zero-order valence-corrected chi connectivity index (χ0v) is 16.4. The zero-order chi connectivity index (χ0) is 17.5. The van der Waals surface area contributed by atoms with Crippen molar-refractivity contribution in [1.82, 2.24) is 4.90 Å². The molecule has 2 heterocycles. The number of halogens is 1. The summed E-state index contributed by atoms with van der Waals surface area (Å²) in [5.41, 5.74) is 0.777. The fourth-order valence-electron chi connectivity index (χ4n) is 3.56. The number of carbonyl (C=O) groups excluding carboxylic acids is 1. The number of benzene rings is 1. The van der Waals surface area contributed by atoms with E-state index < -0.39 is 9.84 Å². The van der Waals surface area contributed by atoms with Gasteiger partial charge in [0, 0.05) is 16.2 Å². The van der Waals surface area contributed by atoms with E-state index >= 15 is 0 Å². The van der Waals surface area contributed by atoms with E-state index in [0.29, 0.717) is 12.5 Å². The van der Waals surface area contributed by atoms with Gasteiger partial charge >= 0.3 is 0 Å². The highest BCUT2D eigenvalue weighted by Gasteiger charge is 2.49. The number of amides is 1. The number of fused-ring (bicyclic) bond motifs is 1. The summed E-state index contributed by atoms with van der Waals surface area (Å²) in [6, 6.07) is 7.11. The number of carbonyl (C=O) groups is 1. The van der Waals surface area contributed by atoms with Crippen LogP contribution in [0, 0.1) is 5.92 Å². The molecule has 0 bridgehead atoms. The van der Waals surface area contributed by atoms with Gasteiger partial charge in [-0.3, -0.25) is 9.69 Å². The lowest BCUT2D eigenvalue weighted by molar-refractivity contribution is -0.123. The van der Waals surface area contributed by atoms with E-state index in [1.54, 1.807) is 4.90 Å². The van der Waals surface area contributed by atoms with Crippen molar-refractivity contribution in [2.24, 2.45) is 5.92 Å². The normalized spacial score (nSPS) is 26.8. The predicted molar refractivity (Wildman–Crippen MR) is 98.9 cm³/mol. The van der Waals surface area contributed by atoms with E-state index in [1.165, 1.54) is 0 Å². The van der Waals surface area contributed by atoms with Crippen molar-refractivity contribution in [3.05, 3.63) is 28.7 Å². The lowest BCUT2D eigenvalue weighted by atomic mass is 10.0. The predicted octanol–water partition coefficient (Wildman–Crippen LogP) is 2.31. The molecule has 24 heavy (non-hydrogen) atoms. The molecule has 1 aromatic carbocycles. The Hall–Kier alpha value is -0.920. The van der Waals surface area contributed by atoms with Gasteiger partial charge in [0.25, 0.3) is 0 Å². The number of anilines is 1. The number of piperazine rings is 1. The average molecular weight is 415 g/mol. The van der Waals surface area contributed by atoms with Crippen molar-refractivity contribution in [2.75, 3.05) is 29.5 Å². The van der Waals surface area contributed by atoms with Gasteiger partial charge in [-0.1, -0.05) is 29.8 Å². The maximum absolute atomic E-state index is 12.8. The van der Waals surface area contributed by atoms with Crippen molar-refractivity contribution in [3.8, 4) is 0 Å². The van der Waals surface area contributed by atoms with Gasteiger partial charge in [-0.05, 0) is 43.1 Å². The van der Waals surface area contributed by atoms with Crippen molar-refractivity contribution < 1.29 is 13.2 Å². The second-order valence-corrected chi connectivity index (χ2v) is 10.2. The standard InChI is InChI=1S/C17H23BrN2O3S/c1-12(2)7-8-19-9-17(21)20(14-5-3-13(18)4-6-14)16-11-24(22,23)10-15(16)19/h3-6,12,15-16H,7-11H2,1-2H3/t15-,16+/m1/s1. The van der Waals surface area contributed by atoms with Gasteiger partial charge in [-0.25, -0.2) is 8.42 Å². The van der Waals surface area contributed by atoms with Crippen molar-refractivity contribution in [3.63, 3.8) is 0 Å². The lowest BCUT2D eigenvalue weighted by Gasteiger charge is -2.43. The molecular weight excluding hydrogens is 392 g/mol. The van der Waals surface area contributed by atoms with Crippen LogP contribution in [0.25, 0.3) is 0 Å². The number of hydrogen-bond donors (Lipinski definition) is 0. The first-order valence-electron chi connectivity index (χ1n) is 8.29. The molecule has 0 aromatic heterocycles. The summed E-state index contributed by atoms with van der Waals surface area (Å²) in [4.78, 5) is 16.5.